The maximum Gasteiger partial charge on any atom is 0.277 e. The van der Waals surface area contributed by atoms with Crippen molar-refractivity contribution in [3.8, 4) is 16.7 Å². The van der Waals surface area contributed by atoms with E-state index in [4.69, 9.17) is 4.42 Å². The zero-order valence-electron chi connectivity index (χ0n) is 17.5. The molecule has 31 heavy (non-hydrogen) atoms. The minimum atomic E-state index is 0.00388. The molecule has 160 valence electrons. The Bertz CT molecular complexity index is 1240. The SMILES string of the molecule is Cc1cc(C(=O)CSc2nnc(-c3cc4c(s3)CC[C@@H](C)C4)o2)c(C)n1-c1ncn[nH]1. The quantitative estimate of drug-likeness (QED) is 0.340. The number of hydrogen-bond acceptors (Lipinski definition) is 8. The number of Topliss-reactive ketones (excluding diaryl/α,β-unsaturated/α-hetero) is 1. The van der Waals surface area contributed by atoms with Crippen molar-refractivity contribution in [3.05, 3.63) is 45.9 Å². The van der Waals surface area contributed by atoms with Crippen molar-refractivity contribution >= 4 is 28.9 Å². The van der Waals surface area contributed by atoms with Crippen molar-refractivity contribution in [1.82, 2.24) is 29.9 Å². The van der Waals surface area contributed by atoms with E-state index in [-0.39, 0.29) is 11.5 Å². The zero-order valence-corrected chi connectivity index (χ0v) is 19.1. The molecule has 4 aromatic heterocycles. The van der Waals surface area contributed by atoms with Gasteiger partial charge in [-0.2, -0.15) is 10.1 Å². The Morgan fingerprint density at radius 3 is 3.03 bits per heavy atom. The molecule has 1 atom stereocenters. The second-order valence-electron chi connectivity index (χ2n) is 7.92. The highest BCUT2D eigenvalue weighted by atomic mass is 32.2. The van der Waals surface area contributed by atoms with Gasteiger partial charge in [-0.25, -0.2) is 5.10 Å². The van der Waals surface area contributed by atoms with Gasteiger partial charge in [0.25, 0.3) is 11.1 Å². The second kappa shape index (κ2) is 8.08. The Morgan fingerprint density at radius 2 is 2.23 bits per heavy atom. The lowest BCUT2D eigenvalue weighted by atomic mass is 9.90. The van der Waals surface area contributed by atoms with Crippen molar-refractivity contribution in [1.29, 1.82) is 0 Å². The summed E-state index contributed by atoms with van der Waals surface area (Å²) in [5.74, 6) is 2.08. The number of carbonyl (C=O) groups is 1. The molecule has 1 aliphatic carbocycles. The number of thiophene rings is 1. The molecule has 0 saturated carbocycles. The Balaban J connectivity index is 1.28. The molecule has 0 radical (unpaired) electrons. The van der Waals surface area contributed by atoms with Crippen LogP contribution in [0.15, 0.2) is 28.1 Å². The molecular formula is C21H22N6O2S2. The molecule has 0 spiro atoms. The summed E-state index contributed by atoms with van der Waals surface area (Å²) in [4.78, 5) is 19.5. The predicted molar refractivity (Wildman–Crippen MR) is 119 cm³/mol. The van der Waals surface area contributed by atoms with Gasteiger partial charge in [-0.1, -0.05) is 18.7 Å². The van der Waals surface area contributed by atoms with Gasteiger partial charge in [-0.05, 0) is 56.7 Å². The van der Waals surface area contributed by atoms with E-state index < -0.39 is 0 Å². The average molecular weight is 455 g/mol. The molecular weight excluding hydrogens is 432 g/mol. The van der Waals surface area contributed by atoms with Gasteiger partial charge in [-0.15, -0.1) is 21.5 Å². The molecule has 10 heteroatoms. The first kappa shape index (κ1) is 20.2. The topological polar surface area (TPSA) is 102 Å². The van der Waals surface area contributed by atoms with Crippen molar-refractivity contribution < 1.29 is 9.21 Å². The van der Waals surface area contributed by atoms with E-state index in [0.717, 1.165) is 35.0 Å². The smallest absolute Gasteiger partial charge is 0.277 e. The van der Waals surface area contributed by atoms with E-state index in [1.807, 2.05) is 24.5 Å². The van der Waals surface area contributed by atoms with Crippen LogP contribution in [0.25, 0.3) is 16.7 Å². The molecule has 4 aromatic rings. The highest BCUT2D eigenvalue weighted by Gasteiger charge is 2.22. The lowest BCUT2D eigenvalue weighted by Gasteiger charge is -2.16. The van der Waals surface area contributed by atoms with Crippen LogP contribution in [-0.2, 0) is 12.8 Å². The van der Waals surface area contributed by atoms with Gasteiger partial charge in [-0.3, -0.25) is 9.36 Å². The number of aromatic amines is 1. The Hall–Kier alpha value is -2.72. The summed E-state index contributed by atoms with van der Waals surface area (Å²) in [6.45, 7) is 6.13. The van der Waals surface area contributed by atoms with Gasteiger partial charge in [0.1, 0.15) is 6.33 Å². The minimum absolute atomic E-state index is 0.00388. The predicted octanol–water partition coefficient (Wildman–Crippen LogP) is 4.42. The summed E-state index contributed by atoms with van der Waals surface area (Å²) in [7, 11) is 0. The normalized spacial score (nSPS) is 15.9. The third-order valence-corrected chi connectivity index (χ3v) is 7.66. The maximum atomic E-state index is 12.8. The summed E-state index contributed by atoms with van der Waals surface area (Å²) >= 11 is 3.01. The van der Waals surface area contributed by atoms with Gasteiger partial charge in [0.15, 0.2) is 5.78 Å². The Morgan fingerprint density at radius 1 is 1.35 bits per heavy atom. The summed E-state index contributed by atoms with van der Waals surface area (Å²) in [5.41, 5.74) is 3.80. The zero-order chi connectivity index (χ0) is 21.5. The van der Waals surface area contributed by atoms with Gasteiger partial charge in [0, 0.05) is 21.8 Å². The van der Waals surface area contributed by atoms with Crippen molar-refractivity contribution in [3.63, 3.8) is 0 Å². The fraction of sp³-hybridized carbons (Fsp3) is 0.381. The number of thioether (sulfide) groups is 1. The molecule has 0 bridgehead atoms. The van der Waals surface area contributed by atoms with E-state index in [1.54, 1.807) is 11.3 Å². The molecule has 0 unspecified atom stereocenters. The minimum Gasteiger partial charge on any atom is -0.410 e. The number of nitrogens with one attached hydrogen (secondary N) is 1. The van der Waals surface area contributed by atoms with Crippen LogP contribution < -0.4 is 0 Å². The number of fused-ring (bicyclic) bond motifs is 1. The maximum absolute atomic E-state index is 12.8. The molecule has 0 saturated heterocycles. The van der Waals surface area contributed by atoms with Crippen LogP contribution in [0.3, 0.4) is 0 Å². The number of H-pyrrole nitrogens is 1. The van der Waals surface area contributed by atoms with E-state index in [0.29, 0.717) is 22.6 Å². The van der Waals surface area contributed by atoms with Gasteiger partial charge < -0.3 is 4.42 Å². The van der Waals surface area contributed by atoms with Crippen LogP contribution >= 0.6 is 23.1 Å². The molecule has 1 aliphatic rings. The standard InChI is InChI=1S/C21H22N6O2S2/c1-11-4-5-17-14(6-11)8-18(31-17)19-24-26-21(29-19)30-9-16(28)15-7-12(2)27(13(15)3)20-22-10-23-25-20/h7-8,10-11H,4-6,9H2,1-3H3,(H,22,23,25)/t11-/m1/s1. The number of ketones is 1. The number of hydrogen-bond donors (Lipinski definition) is 1. The molecule has 8 nitrogen and oxygen atoms in total. The van der Waals surface area contributed by atoms with E-state index in [9.17, 15) is 4.79 Å². The largest absolute Gasteiger partial charge is 0.410 e. The highest BCUT2D eigenvalue weighted by Crippen LogP contribution is 2.37. The number of aryl methyl sites for hydroxylation is 2. The van der Waals surface area contributed by atoms with E-state index >= 15 is 0 Å². The van der Waals surface area contributed by atoms with E-state index in [2.05, 4.69) is 38.4 Å². The lowest BCUT2D eigenvalue weighted by molar-refractivity contribution is 0.102. The van der Waals surface area contributed by atoms with Crippen LogP contribution in [0.5, 0.6) is 0 Å². The van der Waals surface area contributed by atoms with Gasteiger partial charge in [0.05, 0.1) is 10.6 Å². The number of aromatic nitrogens is 6. The molecule has 0 fully saturated rings. The van der Waals surface area contributed by atoms with Crippen LogP contribution in [0.1, 0.15) is 45.5 Å². The van der Waals surface area contributed by atoms with Crippen molar-refractivity contribution in [2.24, 2.45) is 5.92 Å². The van der Waals surface area contributed by atoms with Crippen molar-refractivity contribution in [2.75, 3.05) is 5.75 Å². The highest BCUT2D eigenvalue weighted by molar-refractivity contribution is 7.99. The molecule has 4 heterocycles. The van der Waals surface area contributed by atoms with Crippen molar-refractivity contribution in [2.45, 2.75) is 45.3 Å². The summed E-state index contributed by atoms with van der Waals surface area (Å²) in [5, 5.41) is 15.5. The Kier molecular flexibility index (Phi) is 5.27. The molecule has 1 N–H and O–H groups in total. The number of nitrogens with zero attached hydrogens (tertiary/aromatic N) is 5. The monoisotopic (exact) mass is 454 g/mol. The first-order valence-corrected chi connectivity index (χ1v) is 12.0. The van der Waals surface area contributed by atoms with Crippen LogP contribution in [0.4, 0.5) is 0 Å². The fourth-order valence-corrected chi connectivity index (χ4v) is 5.84. The molecule has 0 amide bonds. The summed E-state index contributed by atoms with van der Waals surface area (Å²) in [6, 6.07) is 4.05. The summed E-state index contributed by atoms with van der Waals surface area (Å²) in [6.07, 6.45) is 4.92. The first-order valence-electron chi connectivity index (χ1n) is 10.2. The Labute approximate surface area is 187 Å². The lowest BCUT2D eigenvalue weighted by Crippen LogP contribution is -2.07. The van der Waals surface area contributed by atoms with Gasteiger partial charge >= 0.3 is 0 Å². The van der Waals surface area contributed by atoms with Crippen LogP contribution in [-0.4, -0.2) is 41.5 Å². The number of carbonyl (C=O) groups excluding carboxylic acids is 1. The average Bonchev–Trinajstić information content (AvgIpc) is 3.52. The first-order chi connectivity index (χ1) is 15.0. The van der Waals surface area contributed by atoms with Crippen LogP contribution in [0, 0.1) is 19.8 Å². The van der Waals surface area contributed by atoms with Crippen LogP contribution in [0.2, 0.25) is 0 Å². The number of rotatable bonds is 6. The third kappa shape index (κ3) is 3.85. The second-order valence-corrected chi connectivity index (χ2v) is 9.98. The van der Waals surface area contributed by atoms with Gasteiger partial charge in [0.2, 0.25) is 5.95 Å². The van der Waals surface area contributed by atoms with E-state index in [1.165, 1.54) is 35.0 Å². The fourth-order valence-electron chi connectivity index (χ4n) is 4.06. The third-order valence-electron chi connectivity index (χ3n) is 5.62. The molecule has 0 aliphatic heterocycles. The molecule has 5 rings (SSSR count). The molecule has 0 aromatic carbocycles. The summed E-state index contributed by atoms with van der Waals surface area (Å²) < 4.78 is 7.73.